The second kappa shape index (κ2) is 9.96. The fourth-order valence-corrected chi connectivity index (χ4v) is 4.61. The number of amides is 2. The zero-order valence-electron chi connectivity index (χ0n) is 19.7. The number of fused-ring (bicyclic) bond motifs is 4. The van der Waals surface area contributed by atoms with E-state index in [2.05, 4.69) is 5.32 Å². The van der Waals surface area contributed by atoms with Crippen molar-refractivity contribution in [1.82, 2.24) is 14.8 Å². The highest BCUT2D eigenvalue weighted by Gasteiger charge is 2.40. The van der Waals surface area contributed by atoms with Gasteiger partial charge in [0.05, 0.1) is 0 Å². The SMILES string of the molecule is O=C(NCc1ccc(F)cc1F)c1cn2c(c(OCc3ccccc3)c1=O)C(=O)N1CCCC(=O)[C@@H]2C1. The Morgan fingerprint density at radius 1 is 1.08 bits per heavy atom. The molecule has 8 nitrogen and oxygen atoms in total. The molecule has 10 heteroatoms. The van der Waals surface area contributed by atoms with E-state index in [1.54, 1.807) is 24.3 Å². The van der Waals surface area contributed by atoms with Crippen LogP contribution in [0.1, 0.15) is 50.9 Å². The van der Waals surface area contributed by atoms with Crippen LogP contribution in [-0.2, 0) is 17.9 Å². The van der Waals surface area contributed by atoms with Gasteiger partial charge in [-0.2, -0.15) is 0 Å². The first-order valence-corrected chi connectivity index (χ1v) is 11.8. The summed E-state index contributed by atoms with van der Waals surface area (Å²) in [4.78, 5) is 54.3. The maximum Gasteiger partial charge on any atom is 0.274 e. The number of halogens is 2. The maximum atomic E-state index is 14.0. The number of ketones is 1. The first-order chi connectivity index (χ1) is 17.8. The minimum absolute atomic E-state index is 0.0260. The molecule has 1 N–H and O–H groups in total. The zero-order chi connectivity index (χ0) is 26.1. The second-order valence-electron chi connectivity index (χ2n) is 8.99. The molecule has 1 atom stereocenters. The lowest BCUT2D eigenvalue weighted by Crippen LogP contribution is -2.46. The van der Waals surface area contributed by atoms with Gasteiger partial charge in [-0.05, 0) is 18.1 Å². The van der Waals surface area contributed by atoms with Gasteiger partial charge in [0.2, 0.25) is 5.43 Å². The van der Waals surface area contributed by atoms with Crippen LogP contribution in [0.5, 0.6) is 5.75 Å². The molecule has 3 aromatic rings. The van der Waals surface area contributed by atoms with E-state index in [-0.39, 0.29) is 54.5 Å². The predicted molar refractivity (Wildman–Crippen MR) is 128 cm³/mol. The molecule has 1 saturated heterocycles. The van der Waals surface area contributed by atoms with Crippen molar-refractivity contribution in [2.75, 3.05) is 13.1 Å². The lowest BCUT2D eigenvalue weighted by Gasteiger charge is -2.34. The molecule has 1 fully saturated rings. The van der Waals surface area contributed by atoms with E-state index in [1.165, 1.54) is 21.7 Å². The van der Waals surface area contributed by atoms with Crippen LogP contribution in [0, 0.1) is 11.6 Å². The molecule has 2 aliphatic heterocycles. The highest BCUT2D eigenvalue weighted by molar-refractivity contribution is 6.01. The van der Waals surface area contributed by atoms with Crippen molar-refractivity contribution in [3.8, 4) is 5.75 Å². The third kappa shape index (κ3) is 4.74. The summed E-state index contributed by atoms with van der Waals surface area (Å²) in [5.74, 6) is -3.33. The second-order valence-corrected chi connectivity index (χ2v) is 8.99. The van der Waals surface area contributed by atoms with Gasteiger partial charge < -0.3 is 19.5 Å². The highest BCUT2D eigenvalue weighted by atomic mass is 19.1. The molecule has 2 amide bonds. The predicted octanol–water partition coefficient (Wildman–Crippen LogP) is 3.00. The molecule has 0 spiro atoms. The summed E-state index contributed by atoms with van der Waals surface area (Å²) in [6.45, 7) is 0.161. The highest BCUT2D eigenvalue weighted by Crippen LogP contribution is 2.31. The minimum Gasteiger partial charge on any atom is -0.483 e. The standard InChI is InChI=1S/C27H23F2N3O5/c28-18-9-8-17(20(29)11-18)12-30-26(35)19-13-32-21-14-31(10-4-7-22(21)33)27(36)23(32)25(24(19)34)37-15-16-5-2-1-3-6-16/h1-3,5-6,8-9,11,13,21H,4,7,10,12,14-15H2,(H,30,35)/t21-/m0/s1. The zero-order valence-corrected chi connectivity index (χ0v) is 19.7. The number of rotatable bonds is 6. The summed E-state index contributed by atoms with van der Waals surface area (Å²) in [6, 6.07) is 11.2. The number of aromatic nitrogens is 1. The number of nitrogens with one attached hydrogen (secondary N) is 1. The van der Waals surface area contributed by atoms with Crippen molar-refractivity contribution in [3.05, 3.63) is 99.0 Å². The maximum absolute atomic E-state index is 14.0. The smallest absolute Gasteiger partial charge is 0.274 e. The Kier molecular flexibility index (Phi) is 6.56. The van der Waals surface area contributed by atoms with Crippen LogP contribution >= 0.6 is 0 Å². The van der Waals surface area contributed by atoms with Crippen LogP contribution in [0.25, 0.3) is 0 Å². The molecule has 2 aromatic carbocycles. The number of ether oxygens (including phenoxy) is 1. The average Bonchev–Trinajstić information content (AvgIpc) is 3.06. The summed E-state index contributed by atoms with van der Waals surface area (Å²) < 4.78 is 34.5. The van der Waals surface area contributed by atoms with Crippen LogP contribution in [0.4, 0.5) is 8.78 Å². The largest absolute Gasteiger partial charge is 0.483 e. The third-order valence-electron chi connectivity index (χ3n) is 6.56. The molecule has 37 heavy (non-hydrogen) atoms. The number of benzene rings is 2. The molecule has 0 unspecified atom stereocenters. The molecular formula is C27H23F2N3O5. The normalized spacial score (nSPS) is 16.7. The van der Waals surface area contributed by atoms with E-state index in [9.17, 15) is 28.0 Å². The van der Waals surface area contributed by atoms with Crippen molar-refractivity contribution in [2.24, 2.45) is 0 Å². The van der Waals surface area contributed by atoms with Crippen LogP contribution in [0.15, 0.2) is 59.5 Å². The third-order valence-corrected chi connectivity index (χ3v) is 6.56. The van der Waals surface area contributed by atoms with Crippen molar-refractivity contribution in [2.45, 2.75) is 32.0 Å². The molecule has 1 aromatic heterocycles. The number of hydrogen-bond donors (Lipinski definition) is 1. The van der Waals surface area contributed by atoms with Crippen LogP contribution < -0.4 is 15.5 Å². The molecule has 5 rings (SSSR count). The van der Waals surface area contributed by atoms with Gasteiger partial charge in [0.15, 0.2) is 17.2 Å². The van der Waals surface area contributed by atoms with Crippen LogP contribution in [0.2, 0.25) is 0 Å². The summed E-state index contributed by atoms with van der Waals surface area (Å²) in [5.41, 5.74) is -0.487. The molecule has 2 bridgehead atoms. The van der Waals surface area contributed by atoms with Gasteiger partial charge in [0, 0.05) is 43.9 Å². The van der Waals surface area contributed by atoms with Crippen molar-refractivity contribution < 1.29 is 27.9 Å². The monoisotopic (exact) mass is 507 g/mol. The van der Waals surface area contributed by atoms with E-state index in [4.69, 9.17) is 4.74 Å². The number of carbonyl (C=O) groups excluding carboxylic acids is 3. The van der Waals surface area contributed by atoms with E-state index in [0.29, 0.717) is 19.0 Å². The average molecular weight is 507 g/mol. The molecular weight excluding hydrogens is 484 g/mol. The lowest BCUT2D eigenvalue weighted by molar-refractivity contribution is -0.122. The quantitative estimate of drug-likeness (QED) is 0.553. The molecule has 0 radical (unpaired) electrons. The Morgan fingerprint density at radius 2 is 1.86 bits per heavy atom. The summed E-state index contributed by atoms with van der Waals surface area (Å²) >= 11 is 0. The lowest BCUT2D eigenvalue weighted by atomic mass is 10.0. The van der Waals surface area contributed by atoms with Crippen LogP contribution in [-0.4, -0.2) is 40.2 Å². The number of carbonyl (C=O) groups is 3. The Hall–Kier alpha value is -4.34. The van der Waals surface area contributed by atoms with Crippen molar-refractivity contribution >= 4 is 17.6 Å². The fraction of sp³-hybridized carbons (Fsp3) is 0.259. The number of hydrogen-bond acceptors (Lipinski definition) is 5. The Morgan fingerprint density at radius 3 is 2.62 bits per heavy atom. The molecule has 0 aliphatic carbocycles. The summed E-state index contributed by atoms with van der Waals surface area (Å²) in [6.07, 6.45) is 1.95. The fourth-order valence-electron chi connectivity index (χ4n) is 4.61. The Bertz CT molecular complexity index is 1450. The molecule has 2 aliphatic rings. The van der Waals surface area contributed by atoms with Gasteiger partial charge in [-0.1, -0.05) is 36.4 Å². The Labute approximate surface area is 210 Å². The van der Waals surface area contributed by atoms with Gasteiger partial charge >= 0.3 is 0 Å². The molecule has 0 saturated carbocycles. The first kappa shape index (κ1) is 24.4. The summed E-state index contributed by atoms with van der Waals surface area (Å²) in [7, 11) is 0. The van der Waals surface area contributed by atoms with Gasteiger partial charge in [0.25, 0.3) is 11.8 Å². The van der Waals surface area contributed by atoms with E-state index in [0.717, 1.165) is 11.6 Å². The number of pyridine rings is 1. The van der Waals surface area contributed by atoms with Crippen molar-refractivity contribution in [1.29, 1.82) is 0 Å². The van der Waals surface area contributed by atoms with Gasteiger partial charge in [-0.15, -0.1) is 0 Å². The topological polar surface area (TPSA) is 97.7 Å². The van der Waals surface area contributed by atoms with Gasteiger partial charge in [-0.3, -0.25) is 19.2 Å². The van der Waals surface area contributed by atoms with E-state index < -0.39 is 34.9 Å². The van der Waals surface area contributed by atoms with Crippen molar-refractivity contribution in [3.63, 3.8) is 0 Å². The molecule has 3 heterocycles. The van der Waals surface area contributed by atoms with E-state index >= 15 is 0 Å². The first-order valence-electron chi connectivity index (χ1n) is 11.8. The van der Waals surface area contributed by atoms with Gasteiger partial charge in [-0.25, -0.2) is 8.78 Å². The Balaban J connectivity index is 1.55. The number of Topliss-reactive ketones (excluding diaryl/α,β-unsaturated/α-hetero) is 1. The number of nitrogens with zero attached hydrogens (tertiary/aromatic N) is 2. The van der Waals surface area contributed by atoms with E-state index in [1.807, 2.05) is 6.07 Å². The van der Waals surface area contributed by atoms with Crippen LogP contribution in [0.3, 0.4) is 0 Å². The molecule has 190 valence electrons. The van der Waals surface area contributed by atoms with Gasteiger partial charge in [0.1, 0.15) is 29.8 Å². The summed E-state index contributed by atoms with van der Waals surface area (Å²) in [5, 5.41) is 2.46. The minimum atomic E-state index is -0.843.